The van der Waals surface area contributed by atoms with Crippen LogP contribution in [0, 0.1) is 23.1 Å². The van der Waals surface area contributed by atoms with E-state index < -0.39 is 17.9 Å². The van der Waals surface area contributed by atoms with Gasteiger partial charge in [0.2, 0.25) is 5.91 Å². The van der Waals surface area contributed by atoms with Crippen LogP contribution in [0.25, 0.3) is 11.0 Å². The molecule has 1 aliphatic carbocycles. The molecular formula is C22H21F2N5O. The predicted molar refractivity (Wildman–Crippen MR) is 110 cm³/mol. The van der Waals surface area contributed by atoms with E-state index in [1.165, 1.54) is 6.07 Å². The molecule has 0 radical (unpaired) electrons. The number of nitrogens with one attached hydrogen (secondary N) is 2. The first-order valence-electron chi connectivity index (χ1n) is 9.76. The molecule has 1 aromatic heterocycles. The number of fused-ring (bicyclic) bond motifs is 1. The molecule has 0 aliphatic heterocycles. The van der Waals surface area contributed by atoms with Crippen LogP contribution in [0.2, 0.25) is 0 Å². The number of carbonyl (C=O) groups excluding carboxylic acids is 1. The number of amides is 1. The predicted octanol–water partition coefficient (Wildman–Crippen LogP) is 4.06. The van der Waals surface area contributed by atoms with Gasteiger partial charge in [-0.3, -0.25) is 4.79 Å². The average Bonchev–Trinajstić information content (AvgIpc) is 3.36. The number of hydrogen-bond acceptors (Lipinski definition) is 4. The van der Waals surface area contributed by atoms with Crippen molar-refractivity contribution in [3.05, 3.63) is 53.1 Å². The van der Waals surface area contributed by atoms with Crippen LogP contribution in [-0.2, 0) is 24.8 Å². The Morgan fingerprint density at radius 3 is 2.80 bits per heavy atom. The quantitative estimate of drug-likeness (QED) is 0.643. The van der Waals surface area contributed by atoms with Crippen molar-refractivity contribution in [2.75, 3.05) is 10.6 Å². The smallest absolute Gasteiger partial charge is 0.230 e. The lowest BCUT2D eigenvalue weighted by molar-refractivity contribution is -0.117. The number of hydrogen-bond donors (Lipinski definition) is 2. The molecule has 3 aromatic rings. The normalized spacial score (nSPS) is 17.6. The van der Waals surface area contributed by atoms with E-state index in [0.29, 0.717) is 34.4 Å². The zero-order chi connectivity index (χ0) is 21.4. The molecule has 2 N–H and O–H groups in total. The Morgan fingerprint density at radius 2 is 2.13 bits per heavy atom. The molecule has 1 amide bonds. The maximum atomic E-state index is 14.5. The lowest BCUT2D eigenvalue weighted by Crippen LogP contribution is -2.15. The molecule has 0 bridgehead atoms. The van der Waals surface area contributed by atoms with Gasteiger partial charge in [0, 0.05) is 24.8 Å². The van der Waals surface area contributed by atoms with Gasteiger partial charge in [0.25, 0.3) is 0 Å². The molecule has 1 saturated carbocycles. The number of nitriles is 1. The topological polar surface area (TPSA) is 82.7 Å². The van der Waals surface area contributed by atoms with E-state index in [0.717, 1.165) is 11.1 Å². The van der Waals surface area contributed by atoms with Gasteiger partial charge in [-0.05, 0) is 42.7 Å². The Morgan fingerprint density at radius 1 is 1.37 bits per heavy atom. The second kappa shape index (κ2) is 7.75. The highest BCUT2D eigenvalue weighted by Crippen LogP contribution is 2.36. The van der Waals surface area contributed by atoms with E-state index >= 15 is 0 Å². The fourth-order valence-corrected chi connectivity index (χ4v) is 3.55. The van der Waals surface area contributed by atoms with E-state index in [1.807, 2.05) is 30.7 Å². The molecule has 0 saturated heterocycles. The summed E-state index contributed by atoms with van der Waals surface area (Å²) >= 11 is 0. The molecule has 1 fully saturated rings. The second-order valence-electron chi connectivity index (χ2n) is 7.51. The van der Waals surface area contributed by atoms with Crippen molar-refractivity contribution in [1.29, 1.82) is 5.26 Å². The summed E-state index contributed by atoms with van der Waals surface area (Å²) in [6.45, 7) is 2.12. The fraction of sp³-hybridized carbons (Fsp3) is 0.318. The van der Waals surface area contributed by atoms with Gasteiger partial charge in [0.05, 0.1) is 35.1 Å². The number of alkyl halides is 1. The molecular weight excluding hydrogens is 388 g/mol. The van der Waals surface area contributed by atoms with Gasteiger partial charge >= 0.3 is 0 Å². The summed E-state index contributed by atoms with van der Waals surface area (Å²) < 4.78 is 29.6. The first-order valence-corrected chi connectivity index (χ1v) is 9.76. The van der Waals surface area contributed by atoms with Gasteiger partial charge in [-0.15, -0.1) is 0 Å². The van der Waals surface area contributed by atoms with E-state index in [2.05, 4.69) is 15.6 Å². The number of nitrogens with zero attached hydrogens (tertiary/aromatic N) is 3. The molecule has 2 atom stereocenters. The molecule has 6 nitrogen and oxygen atoms in total. The highest BCUT2D eigenvalue weighted by Gasteiger charge is 2.43. The van der Waals surface area contributed by atoms with Crippen molar-refractivity contribution in [3.8, 4) is 6.07 Å². The van der Waals surface area contributed by atoms with Gasteiger partial charge in [0.1, 0.15) is 17.5 Å². The second-order valence-corrected chi connectivity index (χ2v) is 7.51. The largest absolute Gasteiger partial charge is 0.381 e. The van der Waals surface area contributed by atoms with Crippen LogP contribution in [0.3, 0.4) is 0 Å². The number of aryl methyl sites for hydroxylation is 2. The summed E-state index contributed by atoms with van der Waals surface area (Å²) in [5.41, 5.74) is 4.07. The minimum Gasteiger partial charge on any atom is -0.381 e. The molecule has 1 aliphatic rings. The summed E-state index contributed by atoms with van der Waals surface area (Å²) in [6.07, 6.45) is 1.39. The number of benzene rings is 2. The molecule has 4 rings (SSSR count). The summed E-state index contributed by atoms with van der Waals surface area (Å²) in [5.74, 6) is -1.41. The van der Waals surface area contributed by atoms with Crippen LogP contribution >= 0.6 is 0 Å². The number of carbonyl (C=O) groups is 1. The van der Waals surface area contributed by atoms with Crippen LogP contribution in [-0.4, -0.2) is 21.6 Å². The van der Waals surface area contributed by atoms with Crippen molar-refractivity contribution in [3.63, 3.8) is 0 Å². The van der Waals surface area contributed by atoms with Crippen LogP contribution in [0.4, 0.5) is 20.2 Å². The SMILES string of the molecule is CCc1cc(C#N)cc(F)c1CNc1cc(NC(=O)C2CC2F)c2ncn(C)c2c1. The Labute approximate surface area is 172 Å². The van der Waals surface area contributed by atoms with E-state index in [9.17, 15) is 13.6 Å². The van der Waals surface area contributed by atoms with Gasteiger partial charge in [-0.1, -0.05) is 6.92 Å². The summed E-state index contributed by atoms with van der Waals surface area (Å²) in [6, 6.07) is 8.48. The minimum absolute atomic E-state index is 0.215. The summed E-state index contributed by atoms with van der Waals surface area (Å²) in [4.78, 5) is 16.6. The molecule has 30 heavy (non-hydrogen) atoms. The molecule has 1 heterocycles. The number of imidazole rings is 1. The van der Waals surface area contributed by atoms with Crippen LogP contribution in [0.5, 0.6) is 0 Å². The molecule has 0 spiro atoms. The van der Waals surface area contributed by atoms with Crippen molar-refractivity contribution >= 4 is 28.3 Å². The number of anilines is 2. The Balaban J connectivity index is 1.63. The Kier molecular flexibility index (Phi) is 5.12. The van der Waals surface area contributed by atoms with Crippen molar-refractivity contribution in [2.24, 2.45) is 13.0 Å². The van der Waals surface area contributed by atoms with Crippen LogP contribution in [0.1, 0.15) is 30.0 Å². The van der Waals surface area contributed by atoms with E-state index in [-0.39, 0.29) is 18.9 Å². The standard InChI is InChI=1S/C22H21F2N5O/c1-3-13-4-12(9-25)5-17(23)16(13)10-26-14-6-19(28-22(30)15-8-18(15)24)21-20(7-14)29(2)11-27-21/h4-7,11,15,18,26H,3,8,10H2,1-2H3,(H,28,30). The van der Waals surface area contributed by atoms with E-state index in [4.69, 9.17) is 5.26 Å². The van der Waals surface area contributed by atoms with Gasteiger partial charge in [-0.25, -0.2) is 13.8 Å². The molecule has 2 unspecified atom stereocenters. The maximum Gasteiger partial charge on any atom is 0.230 e. The molecule has 154 valence electrons. The Hall–Kier alpha value is -3.47. The first kappa shape index (κ1) is 19.8. The van der Waals surface area contributed by atoms with Crippen LogP contribution in [0.15, 0.2) is 30.6 Å². The lowest BCUT2D eigenvalue weighted by Gasteiger charge is -2.14. The van der Waals surface area contributed by atoms with Crippen LogP contribution < -0.4 is 10.6 Å². The average molecular weight is 409 g/mol. The van der Waals surface area contributed by atoms with Gasteiger partial charge in [0.15, 0.2) is 0 Å². The highest BCUT2D eigenvalue weighted by atomic mass is 19.1. The van der Waals surface area contributed by atoms with Gasteiger partial charge in [-0.2, -0.15) is 5.26 Å². The third-order valence-electron chi connectivity index (χ3n) is 5.40. The van der Waals surface area contributed by atoms with Crippen molar-refractivity contribution < 1.29 is 13.6 Å². The van der Waals surface area contributed by atoms with Crippen molar-refractivity contribution in [2.45, 2.75) is 32.5 Å². The maximum absolute atomic E-state index is 14.5. The summed E-state index contributed by atoms with van der Waals surface area (Å²) in [7, 11) is 1.83. The Bertz CT molecular complexity index is 1180. The van der Waals surface area contributed by atoms with E-state index in [1.54, 1.807) is 18.5 Å². The van der Waals surface area contributed by atoms with Crippen molar-refractivity contribution in [1.82, 2.24) is 9.55 Å². The lowest BCUT2D eigenvalue weighted by atomic mass is 10.0. The summed E-state index contributed by atoms with van der Waals surface area (Å²) in [5, 5.41) is 15.0. The zero-order valence-corrected chi connectivity index (χ0v) is 16.7. The van der Waals surface area contributed by atoms with Gasteiger partial charge < -0.3 is 15.2 Å². The first-order chi connectivity index (χ1) is 14.4. The third-order valence-corrected chi connectivity index (χ3v) is 5.40. The molecule has 8 heteroatoms. The number of rotatable bonds is 6. The number of halogens is 2. The fourth-order valence-electron chi connectivity index (χ4n) is 3.55. The zero-order valence-electron chi connectivity index (χ0n) is 16.7. The minimum atomic E-state index is -1.09. The monoisotopic (exact) mass is 409 g/mol. The highest BCUT2D eigenvalue weighted by molar-refractivity contribution is 6.03. The third kappa shape index (κ3) is 3.71. The number of aromatic nitrogens is 2. The molecule has 2 aromatic carbocycles.